The van der Waals surface area contributed by atoms with Gasteiger partial charge >= 0.3 is 0 Å². The lowest BCUT2D eigenvalue weighted by Crippen LogP contribution is -1.92. The number of halogens is 4. The molecule has 1 N–H and O–H groups in total. The van der Waals surface area contributed by atoms with Gasteiger partial charge in [0.15, 0.2) is 0 Å². The zero-order valence-electron chi connectivity index (χ0n) is 9.00. The number of aromatic hydroxyl groups is 1. The van der Waals surface area contributed by atoms with Gasteiger partial charge in [0.05, 0.1) is 5.56 Å². The number of phenolic OH excluding ortho intramolecular Hbond substituents is 1. The van der Waals surface area contributed by atoms with Crippen LogP contribution in [0.4, 0.5) is 13.2 Å². The van der Waals surface area contributed by atoms with Crippen LogP contribution in [0.15, 0.2) is 40.9 Å². The van der Waals surface area contributed by atoms with Crippen LogP contribution in [-0.4, -0.2) is 5.11 Å². The average molecular weight is 317 g/mol. The molecule has 2 rings (SSSR count). The molecule has 5 heteroatoms. The largest absolute Gasteiger partial charge is 0.507 e. The summed E-state index contributed by atoms with van der Waals surface area (Å²) in [5, 5.41) is 9.57. The highest BCUT2D eigenvalue weighted by Gasteiger charge is 2.19. The molecule has 0 aliphatic carbocycles. The number of hydrogen-bond donors (Lipinski definition) is 1. The Balaban J connectivity index is 2.65. The van der Waals surface area contributed by atoms with E-state index >= 15 is 0 Å². The summed E-state index contributed by atoms with van der Waals surface area (Å²) in [5.74, 6) is -0.935. The molecule has 0 atom stereocenters. The van der Waals surface area contributed by atoms with Crippen LogP contribution < -0.4 is 0 Å². The van der Waals surface area contributed by atoms with Gasteiger partial charge in [-0.05, 0) is 35.4 Å². The van der Waals surface area contributed by atoms with Gasteiger partial charge in [-0.15, -0.1) is 0 Å². The molecule has 94 valence electrons. The first kappa shape index (κ1) is 13.0. The maximum atomic E-state index is 12.9. The van der Waals surface area contributed by atoms with Gasteiger partial charge in [-0.1, -0.05) is 28.1 Å². The normalized spacial score (nSPS) is 10.9. The van der Waals surface area contributed by atoms with E-state index in [4.69, 9.17) is 0 Å². The topological polar surface area (TPSA) is 20.2 Å². The minimum absolute atomic E-state index is 0.178. The van der Waals surface area contributed by atoms with Gasteiger partial charge < -0.3 is 5.11 Å². The van der Waals surface area contributed by atoms with E-state index < -0.39 is 23.6 Å². The Labute approximate surface area is 110 Å². The van der Waals surface area contributed by atoms with Gasteiger partial charge in [-0.25, -0.2) is 13.2 Å². The Morgan fingerprint density at radius 2 is 1.67 bits per heavy atom. The summed E-state index contributed by atoms with van der Waals surface area (Å²) in [7, 11) is 0. The molecule has 0 heterocycles. The second-order valence-corrected chi connectivity index (χ2v) is 4.61. The number of benzene rings is 2. The molecule has 0 fully saturated rings. The number of hydrogen-bond acceptors (Lipinski definition) is 1. The molecule has 0 unspecified atom stereocenters. The molecule has 0 radical (unpaired) electrons. The highest BCUT2D eigenvalue weighted by molar-refractivity contribution is 9.10. The maximum absolute atomic E-state index is 12.9. The molecule has 0 aliphatic rings. The van der Waals surface area contributed by atoms with Crippen molar-refractivity contribution in [2.24, 2.45) is 0 Å². The van der Waals surface area contributed by atoms with E-state index in [9.17, 15) is 18.3 Å². The summed E-state index contributed by atoms with van der Waals surface area (Å²) < 4.78 is 39.2. The molecule has 0 amide bonds. The molecule has 18 heavy (non-hydrogen) atoms. The van der Waals surface area contributed by atoms with Crippen molar-refractivity contribution >= 4 is 15.9 Å². The number of alkyl halides is 2. The molecule has 1 nitrogen and oxygen atoms in total. The van der Waals surface area contributed by atoms with E-state index in [-0.39, 0.29) is 5.56 Å². The van der Waals surface area contributed by atoms with E-state index in [0.717, 1.165) is 0 Å². The molecule has 0 aromatic heterocycles. The molecule has 2 aromatic carbocycles. The average Bonchev–Trinajstić information content (AvgIpc) is 2.28. The molecular weight excluding hydrogens is 309 g/mol. The fourth-order valence-corrected chi connectivity index (χ4v) is 2.15. The van der Waals surface area contributed by atoms with Crippen molar-refractivity contribution in [3.63, 3.8) is 0 Å². The van der Waals surface area contributed by atoms with Gasteiger partial charge in [0.25, 0.3) is 6.43 Å². The second kappa shape index (κ2) is 5.02. The molecule has 0 spiro atoms. The third-order valence-electron chi connectivity index (χ3n) is 2.50. The third kappa shape index (κ3) is 2.51. The second-order valence-electron chi connectivity index (χ2n) is 3.69. The summed E-state index contributed by atoms with van der Waals surface area (Å²) in [6, 6.07) is 7.82. The Kier molecular flexibility index (Phi) is 3.61. The molecular formula is C13H8BrF3O. The first-order chi connectivity index (χ1) is 8.49. The van der Waals surface area contributed by atoms with Crippen molar-refractivity contribution in [2.45, 2.75) is 6.43 Å². The lowest BCUT2D eigenvalue weighted by atomic mass is 9.99. The quantitative estimate of drug-likeness (QED) is 0.835. The van der Waals surface area contributed by atoms with Gasteiger partial charge in [0.1, 0.15) is 11.6 Å². The van der Waals surface area contributed by atoms with E-state index in [1.807, 2.05) is 0 Å². The summed E-state index contributed by atoms with van der Waals surface area (Å²) >= 11 is 3.13. The minimum Gasteiger partial charge on any atom is -0.507 e. The number of phenols is 1. The van der Waals surface area contributed by atoms with Crippen LogP contribution in [0.3, 0.4) is 0 Å². The van der Waals surface area contributed by atoms with Crippen LogP contribution in [0.25, 0.3) is 11.1 Å². The standard InChI is InChI=1S/C13H8BrF3O/c14-8-5-10(7-1-3-9(15)4-2-7)12(13(16)17)11(18)6-8/h1-6,13,18H. The molecule has 0 saturated carbocycles. The van der Waals surface area contributed by atoms with Crippen molar-refractivity contribution in [3.05, 3.63) is 52.3 Å². The summed E-state index contributed by atoms with van der Waals surface area (Å²) in [6.45, 7) is 0. The summed E-state index contributed by atoms with van der Waals surface area (Å²) in [6.07, 6.45) is -2.81. The highest BCUT2D eigenvalue weighted by atomic mass is 79.9. The van der Waals surface area contributed by atoms with Crippen LogP contribution in [-0.2, 0) is 0 Å². The Bertz CT molecular complexity index is 567. The van der Waals surface area contributed by atoms with E-state index in [1.165, 1.54) is 36.4 Å². The zero-order chi connectivity index (χ0) is 13.3. The number of rotatable bonds is 2. The van der Waals surface area contributed by atoms with Crippen LogP contribution in [0.5, 0.6) is 5.75 Å². The van der Waals surface area contributed by atoms with Gasteiger partial charge in [-0.2, -0.15) is 0 Å². The minimum atomic E-state index is -2.81. The van der Waals surface area contributed by atoms with E-state index in [2.05, 4.69) is 15.9 Å². The van der Waals surface area contributed by atoms with Crippen LogP contribution >= 0.6 is 15.9 Å². The van der Waals surface area contributed by atoms with Crippen molar-refractivity contribution in [2.75, 3.05) is 0 Å². The predicted molar refractivity (Wildman–Crippen MR) is 66.2 cm³/mol. The van der Waals surface area contributed by atoms with Crippen LogP contribution in [0.2, 0.25) is 0 Å². The van der Waals surface area contributed by atoms with Gasteiger partial charge in [-0.3, -0.25) is 0 Å². The zero-order valence-corrected chi connectivity index (χ0v) is 10.6. The summed E-state index contributed by atoms with van der Waals surface area (Å²) in [5.41, 5.74) is 0.144. The fourth-order valence-electron chi connectivity index (χ4n) is 1.70. The molecule has 0 aliphatic heterocycles. The van der Waals surface area contributed by atoms with E-state index in [0.29, 0.717) is 10.0 Å². The van der Waals surface area contributed by atoms with Gasteiger partial charge in [0.2, 0.25) is 0 Å². The monoisotopic (exact) mass is 316 g/mol. The van der Waals surface area contributed by atoms with Crippen molar-refractivity contribution in [3.8, 4) is 16.9 Å². The van der Waals surface area contributed by atoms with E-state index in [1.54, 1.807) is 0 Å². The van der Waals surface area contributed by atoms with Gasteiger partial charge in [0, 0.05) is 4.47 Å². The molecule has 0 bridgehead atoms. The lowest BCUT2D eigenvalue weighted by Gasteiger charge is -2.12. The van der Waals surface area contributed by atoms with Crippen LogP contribution in [0.1, 0.15) is 12.0 Å². The molecule has 2 aromatic rings. The predicted octanol–water partition coefficient (Wildman–Crippen LogP) is 4.90. The van der Waals surface area contributed by atoms with Crippen molar-refractivity contribution in [1.29, 1.82) is 0 Å². The SMILES string of the molecule is Oc1cc(Br)cc(-c2ccc(F)cc2)c1C(F)F. The Hall–Kier alpha value is -1.49. The van der Waals surface area contributed by atoms with Crippen LogP contribution in [0, 0.1) is 5.82 Å². The third-order valence-corrected chi connectivity index (χ3v) is 2.95. The molecule has 0 saturated heterocycles. The summed E-state index contributed by atoms with van der Waals surface area (Å²) in [4.78, 5) is 0. The Morgan fingerprint density at radius 1 is 1.06 bits per heavy atom. The van der Waals surface area contributed by atoms with Crippen molar-refractivity contribution in [1.82, 2.24) is 0 Å². The fraction of sp³-hybridized carbons (Fsp3) is 0.0769. The smallest absolute Gasteiger partial charge is 0.268 e. The maximum Gasteiger partial charge on any atom is 0.268 e. The first-order valence-electron chi connectivity index (χ1n) is 5.05. The first-order valence-corrected chi connectivity index (χ1v) is 5.85. The highest BCUT2D eigenvalue weighted by Crippen LogP contribution is 2.39. The Morgan fingerprint density at radius 3 is 2.22 bits per heavy atom. The lowest BCUT2D eigenvalue weighted by molar-refractivity contribution is 0.148. The van der Waals surface area contributed by atoms with Crippen molar-refractivity contribution < 1.29 is 18.3 Å².